The Morgan fingerprint density at radius 3 is 2.11 bits per heavy atom. The molecule has 0 bridgehead atoms. The van der Waals surface area contributed by atoms with Crippen LogP contribution in [0.5, 0.6) is 0 Å². The Bertz CT molecular complexity index is 2470. The van der Waals surface area contributed by atoms with Crippen LogP contribution in [0.1, 0.15) is 150 Å². The fraction of sp³-hybridized carbons (Fsp3) is 0.738. The van der Waals surface area contributed by atoms with E-state index in [2.05, 4.69) is 34.1 Å². The van der Waals surface area contributed by atoms with E-state index in [1.54, 1.807) is 30.8 Å². The molecule has 1 saturated carbocycles. The number of unbranched alkanes of at least 4 members (excludes halogenated alkanes) is 2. The highest BCUT2D eigenvalue weighted by Gasteiger charge is 2.64. The van der Waals surface area contributed by atoms with E-state index in [-0.39, 0.29) is 91.2 Å². The molecule has 0 spiro atoms. The molecule has 6 N–H and O–H groups in total. The van der Waals surface area contributed by atoms with Gasteiger partial charge in [-0.05, 0) is 88.3 Å². The lowest BCUT2D eigenvalue weighted by atomic mass is 9.89. The first kappa shape index (κ1) is 70.2. The Morgan fingerprint density at radius 2 is 1.52 bits per heavy atom. The molecule has 24 heteroatoms. The highest BCUT2D eigenvalue weighted by Crippen LogP contribution is 2.53. The second kappa shape index (κ2) is 33.0. The normalized spacial score (nSPS) is 22.5. The molecule has 85 heavy (non-hydrogen) atoms. The van der Waals surface area contributed by atoms with Crippen molar-refractivity contribution in [3.8, 4) is 0 Å². The summed E-state index contributed by atoms with van der Waals surface area (Å²) in [6.45, 7) is 15.1. The molecule has 3 heterocycles. The number of rotatable bonds is 33. The number of carbonyl (C=O) groups is 10. The second-order valence-corrected chi connectivity index (χ2v) is 24.8. The van der Waals surface area contributed by atoms with Gasteiger partial charge in [0.25, 0.3) is 5.91 Å². The highest BCUT2D eigenvalue weighted by molar-refractivity contribution is 7.80. The maximum atomic E-state index is 14.8. The predicted octanol–water partition coefficient (Wildman–Crippen LogP) is 3.29. The monoisotopic (exact) mass is 1210 g/mol. The van der Waals surface area contributed by atoms with Gasteiger partial charge >= 0.3 is 0 Å². The quantitative estimate of drug-likeness (QED) is 0.0194. The molecule has 3 aliphatic heterocycles. The Kier molecular flexibility index (Phi) is 27.3. The zero-order chi connectivity index (χ0) is 62.9. The number of Topliss-reactive ketones (excluding diaryl/α,β-unsaturated/α-hetero) is 1. The Balaban J connectivity index is 1.13. The Morgan fingerprint density at radius 1 is 0.847 bits per heavy atom. The van der Waals surface area contributed by atoms with E-state index in [1.165, 1.54) is 19.3 Å². The van der Waals surface area contributed by atoms with Crippen molar-refractivity contribution in [3.63, 3.8) is 0 Å². The van der Waals surface area contributed by atoms with Gasteiger partial charge in [0, 0.05) is 71.8 Å². The predicted molar refractivity (Wildman–Crippen MR) is 321 cm³/mol. The van der Waals surface area contributed by atoms with E-state index in [4.69, 9.17) is 20.0 Å². The van der Waals surface area contributed by atoms with E-state index >= 15 is 0 Å². The van der Waals surface area contributed by atoms with Gasteiger partial charge in [0.1, 0.15) is 17.5 Å². The van der Waals surface area contributed by atoms with Crippen molar-refractivity contribution >= 4 is 71.6 Å². The number of hydrogen-bond donors (Lipinski definition) is 6. The number of carbonyl (C=O) groups excluding carboxylic acids is 10. The summed E-state index contributed by atoms with van der Waals surface area (Å²) in [5, 5.41) is 7.60. The number of likely N-dealkylation sites (tertiary alicyclic amines) is 2. The number of thiol groups is 1. The average molecular weight is 1210 g/mol. The lowest BCUT2D eigenvalue weighted by molar-refractivity contribution is -0.200. The van der Waals surface area contributed by atoms with Gasteiger partial charge in [-0.2, -0.15) is 12.6 Å². The third kappa shape index (κ3) is 18.0. The minimum absolute atomic E-state index is 0.0479. The third-order valence-corrected chi connectivity index (χ3v) is 18.1. The van der Waals surface area contributed by atoms with Gasteiger partial charge in [-0.25, -0.2) is 5.06 Å². The van der Waals surface area contributed by atoms with Crippen LogP contribution in [0.4, 0.5) is 0 Å². The summed E-state index contributed by atoms with van der Waals surface area (Å²) < 4.78 is 12.2. The summed E-state index contributed by atoms with van der Waals surface area (Å²) in [4.78, 5) is 147. The minimum atomic E-state index is -1.18. The molecule has 1 aromatic rings. The minimum Gasteiger partial charge on any atom is -0.379 e. The van der Waals surface area contributed by atoms with Crippen molar-refractivity contribution in [2.24, 2.45) is 35.3 Å². The molecule has 476 valence electrons. The number of hydrazine groups is 1. The smallest absolute Gasteiger partial charge is 0.272 e. The molecular formula is C61H98N10O13S. The van der Waals surface area contributed by atoms with Gasteiger partial charge in [-0.3, -0.25) is 73.4 Å². The topological polar surface area (TPSA) is 289 Å². The van der Waals surface area contributed by atoms with Crippen molar-refractivity contribution in [3.05, 3.63) is 35.9 Å². The largest absolute Gasteiger partial charge is 0.379 e. The molecule has 23 nitrogen and oxygen atoms in total. The standard InChI is InChI=1S/C61H98N10O13S/c1-12-39(6)53(46(82-10)34-50(75)69-30-21-25-45(69)55(83-11)40(7)56(77)64-61(60(81)71-31-19-20-32-84-71)35-43(61)41-23-15-13-16-24-41)68(9)59(80)51(37(2)3)63-57(78)52(38(4)5)67(8)28-22-27-48(73)66-65-47(72)26-17-14-18-29-70-49(74)33-42(58(70)79)54(76)44(62)36-85/h13,15-16,23-24,37-40,42-46,51-53,55,85H,12,14,17-22,25-36,62H2,1-11H3,(H,63,78)(H,64,77)(H,65,72)(H,66,73)/t39-,40+,42?,43+,44-,45-,46+,51-,52-,53-,55+,61-/m0/s1. The van der Waals surface area contributed by atoms with Crippen LogP contribution in [0.3, 0.4) is 0 Å². The van der Waals surface area contributed by atoms with E-state index in [9.17, 15) is 47.9 Å². The van der Waals surface area contributed by atoms with E-state index in [1.807, 2.05) is 76.8 Å². The number of hydroxylamine groups is 2. The van der Waals surface area contributed by atoms with Gasteiger partial charge in [-0.15, -0.1) is 0 Å². The van der Waals surface area contributed by atoms with Gasteiger partial charge in [0.05, 0.1) is 55.3 Å². The van der Waals surface area contributed by atoms with Crippen molar-refractivity contribution in [2.45, 2.75) is 192 Å². The summed E-state index contributed by atoms with van der Waals surface area (Å²) in [5.41, 5.74) is 10.3. The molecule has 0 aromatic heterocycles. The number of amides is 9. The molecule has 1 aliphatic carbocycles. The number of benzene rings is 1. The number of nitrogens with one attached hydrogen (secondary N) is 4. The zero-order valence-corrected chi connectivity index (χ0v) is 53.0. The van der Waals surface area contributed by atoms with E-state index in [0.717, 1.165) is 23.3 Å². The van der Waals surface area contributed by atoms with E-state index in [0.29, 0.717) is 77.6 Å². The van der Waals surface area contributed by atoms with Crippen molar-refractivity contribution in [2.75, 3.05) is 66.9 Å². The first-order valence-electron chi connectivity index (χ1n) is 30.6. The first-order valence-corrected chi connectivity index (χ1v) is 31.3. The summed E-state index contributed by atoms with van der Waals surface area (Å²) in [5.74, 6) is -6.52. The number of nitrogens with zero attached hydrogens (tertiary/aromatic N) is 5. The summed E-state index contributed by atoms with van der Waals surface area (Å²) >= 11 is 4.01. The SMILES string of the molecule is CC[C@H](C)[C@@H]([C@@H](CC(=O)N1CCC[C@H]1[C@H](OC)[C@@H](C)C(=O)N[C@@]1(C(=O)N2CCCCO2)C[C@@H]1c1ccccc1)OC)N(C)C(=O)[C@@H](NC(=O)[C@H](C(C)C)N(C)CCCC(=O)NNC(=O)CCCCCN1C(=O)CC(C(=O)[C@@H](N)CS)C1=O)C(C)C. The number of imide groups is 1. The number of ketones is 1. The zero-order valence-electron chi connectivity index (χ0n) is 52.1. The maximum Gasteiger partial charge on any atom is 0.272 e. The Hall–Kier alpha value is -5.53. The highest BCUT2D eigenvalue weighted by atomic mass is 32.1. The van der Waals surface area contributed by atoms with Crippen LogP contribution in [0.2, 0.25) is 0 Å². The van der Waals surface area contributed by atoms with Crippen LogP contribution in [-0.2, 0) is 62.3 Å². The molecule has 3 saturated heterocycles. The van der Waals surface area contributed by atoms with Crippen LogP contribution in [0.25, 0.3) is 0 Å². The lowest BCUT2D eigenvalue weighted by Gasteiger charge is -2.41. The number of likely N-dealkylation sites (N-methyl/N-ethyl adjacent to an activating group) is 2. The first-order chi connectivity index (χ1) is 40.4. The summed E-state index contributed by atoms with van der Waals surface area (Å²) in [7, 11) is 6.52. The fourth-order valence-electron chi connectivity index (χ4n) is 12.5. The molecule has 4 aliphatic rings. The Labute approximate surface area is 508 Å². The number of nitrogens with two attached hydrogens (primary N) is 1. The van der Waals surface area contributed by atoms with Crippen molar-refractivity contribution in [1.29, 1.82) is 0 Å². The van der Waals surface area contributed by atoms with Crippen LogP contribution < -0.4 is 27.2 Å². The molecule has 4 fully saturated rings. The van der Waals surface area contributed by atoms with Gasteiger partial charge in [-0.1, -0.05) is 91.6 Å². The average Bonchev–Trinajstić information content (AvgIpc) is 1.61. The molecule has 1 unspecified atom stereocenters. The molecule has 1 aromatic carbocycles. The number of ether oxygens (including phenoxy) is 2. The van der Waals surface area contributed by atoms with Crippen LogP contribution >= 0.6 is 12.6 Å². The van der Waals surface area contributed by atoms with Gasteiger partial charge in [0.15, 0.2) is 5.78 Å². The third-order valence-electron chi connectivity index (χ3n) is 17.7. The molecule has 0 radical (unpaired) electrons. The lowest BCUT2D eigenvalue weighted by Crippen LogP contribution is -2.60. The molecule has 12 atom stereocenters. The van der Waals surface area contributed by atoms with Crippen molar-refractivity contribution < 1.29 is 62.3 Å². The fourth-order valence-corrected chi connectivity index (χ4v) is 12.7. The maximum absolute atomic E-state index is 14.8. The summed E-state index contributed by atoms with van der Waals surface area (Å²) in [6.07, 6.45) is 4.16. The number of hydrogen-bond acceptors (Lipinski definition) is 16. The van der Waals surface area contributed by atoms with E-state index < -0.39 is 89.2 Å². The molecule has 9 amide bonds. The van der Waals surface area contributed by atoms with Gasteiger partial charge in [0.2, 0.25) is 47.3 Å². The second-order valence-electron chi connectivity index (χ2n) is 24.4. The molecule has 5 rings (SSSR count). The van der Waals surface area contributed by atoms with Crippen LogP contribution in [0.15, 0.2) is 30.3 Å². The van der Waals surface area contributed by atoms with Crippen molar-refractivity contribution in [1.82, 2.24) is 46.1 Å². The summed E-state index contributed by atoms with van der Waals surface area (Å²) in [6, 6.07) is 6.09. The molecular weight excluding hydrogens is 1110 g/mol. The van der Waals surface area contributed by atoms with Gasteiger partial charge < -0.3 is 35.6 Å². The number of methoxy groups -OCH3 is 2. The van der Waals surface area contributed by atoms with Crippen LogP contribution in [0, 0.1) is 29.6 Å². The van der Waals surface area contributed by atoms with Crippen LogP contribution in [-0.4, -0.2) is 198 Å².